The number of imidazole rings is 2. The van der Waals surface area contributed by atoms with Crippen molar-refractivity contribution in [2.24, 2.45) is 0 Å². The van der Waals surface area contributed by atoms with Gasteiger partial charge in [-0.05, 0) is 26.0 Å². The minimum absolute atomic E-state index is 0.0977. The molecule has 0 atom stereocenters. The van der Waals surface area contributed by atoms with Gasteiger partial charge in [0.05, 0.1) is 29.3 Å². The van der Waals surface area contributed by atoms with Gasteiger partial charge in [0.15, 0.2) is 0 Å². The number of fused-ring (bicyclic) bond motifs is 1. The van der Waals surface area contributed by atoms with Gasteiger partial charge in [-0.1, -0.05) is 6.07 Å². The van der Waals surface area contributed by atoms with Gasteiger partial charge in [-0.3, -0.25) is 4.79 Å². The Morgan fingerprint density at radius 3 is 2.95 bits per heavy atom. The second kappa shape index (κ2) is 4.35. The Kier molecular flexibility index (Phi) is 2.67. The van der Waals surface area contributed by atoms with Crippen molar-refractivity contribution in [3.05, 3.63) is 36.0 Å². The van der Waals surface area contributed by atoms with E-state index in [9.17, 15) is 4.79 Å². The molecule has 3 aromatic rings. The van der Waals surface area contributed by atoms with Gasteiger partial charge < -0.3 is 9.97 Å². The van der Waals surface area contributed by atoms with Gasteiger partial charge in [0, 0.05) is 5.56 Å². The molecule has 5 nitrogen and oxygen atoms in total. The SMILES string of the molecule is CC(=O)Cc1ncc(-c2ccc3nc(C)[nH]c3c2)[nH]1. The Balaban J connectivity index is 1.98. The molecule has 5 heteroatoms. The molecule has 0 spiro atoms. The summed E-state index contributed by atoms with van der Waals surface area (Å²) in [6.45, 7) is 3.49. The third-order valence-corrected chi connectivity index (χ3v) is 2.96. The van der Waals surface area contributed by atoms with Crippen LogP contribution in [0.15, 0.2) is 24.4 Å². The molecular weight excluding hydrogens is 240 g/mol. The first-order chi connectivity index (χ1) is 9.11. The molecule has 2 N–H and O–H groups in total. The number of ketones is 1. The Labute approximate surface area is 110 Å². The first kappa shape index (κ1) is 11.6. The molecule has 3 rings (SSSR count). The van der Waals surface area contributed by atoms with E-state index in [1.54, 1.807) is 13.1 Å². The number of nitrogens with one attached hydrogen (secondary N) is 2. The van der Waals surface area contributed by atoms with E-state index in [-0.39, 0.29) is 5.78 Å². The molecular formula is C14H14N4O. The van der Waals surface area contributed by atoms with Crippen LogP contribution in [0, 0.1) is 6.92 Å². The highest BCUT2D eigenvalue weighted by Crippen LogP contribution is 2.22. The number of rotatable bonds is 3. The Morgan fingerprint density at radius 2 is 2.16 bits per heavy atom. The normalized spacial score (nSPS) is 11.1. The van der Waals surface area contributed by atoms with Crippen LogP contribution in [-0.2, 0) is 11.2 Å². The molecule has 0 fully saturated rings. The maximum Gasteiger partial charge on any atom is 0.137 e. The number of hydrogen-bond donors (Lipinski definition) is 2. The van der Waals surface area contributed by atoms with E-state index in [0.717, 1.165) is 28.1 Å². The summed E-state index contributed by atoms with van der Waals surface area (Å²) in [7, 11) is 0. The topological polar surface area (TPSA) is 74.4 Å². The molecule has 2 aromatic heterocycles. The van der Waals surface area contributed by atoms with Gasteiger partial charge in [-0.15, -0.1) is 0 Å². The lowest BCUT2D eigenvalue weighted by atomic mass is 10.1. The van der Waals surface area contributed by atoms with Gasteiger partial charge in [0.2, 0.25) is 0 Å². The van der Waals surface area contributed by atoms with Crippen molar-refractivity contribution in [1.82, 2.24) is 19.9 Å². The number of hydrogen-bond acceptors (Lipinski definition) is 3. The number of carbonyl (C=O) groups is 1. The maximum absolute atomic E-state index is 11.1. The summed E-state index contributed by atoms with van der Waals surface area (Å²) in [5.74, 6) is 1.69. The van der Waals surface area contributed by atoms with Crippen LogP contribution in [0.25, 0.3) is 22.3 Å². The van der Waals surface area contributed by atoms with Crippen LogP contribution in [0.2, 0.25) is 0 Å². The number of benzene rings is 1. The van der Waals surface area contributed by atoms with Crippen molar-refractivity contribution in [1.29, 1.82) is 0 Å². The van der Waals surface area contributed by atoms with Gasteiger partial charge in [0.25, 0.3) is 0 Å². The molecule has 0 aliphatic heterocycles. The van der Waals surface area contributed by atoms with Crippen LogP contribution in [0.4, 0.5) is 0 Å². The monoisotopic (exact) mass is 254 g/mol. The number of nitrogens with zero attached hydrogens (tertiary/aromatic N) is 2. The second-order valence-corrected chi connectivity index (χ2v) is 4.68. The fourth-order valence-electron chi connectivity index (χ4n) is 2.14. The minimum Gasteiger partial charge on any atom is -0.342 e. The van der Waals surface area contributed by atoms with Crippen molar-refractivity contribution in [3.8, 4) is 11.3 Å². The van der Waals surface area contributed by atoms with Crippen LogP contribution in [0.3, 0.4) is 0 Å². The molecule has 0 bridgehead atoms. The van der Waals surface area contributed by atoms with E-state index >= 15 is 0 Å². The fourth-order valence-corrected chi connectivity index (χ4v) is 2.14. The lowest BCUT2D eigenvalue weighted by molar-refractivity contribution is -0.116. The summed E-state index contributed by atoms with van der Waals surface area (Å²) in [4.78, 5) is 26.0. The zero-order chi connectivity index (χ0) is 13.4. The number of aromatic amines is 2. The first-order valence-corrected chi connectivity index (χ1v) is 6.12. The molecule has 2 heterocycles. The average Bonchev–Trinajstić information content (AvgIpc) is 2.92. The van der Waals surface area contributed by atoms with Crippen LogP contribution in [-0.4, -0.2) is 25.7 Å². The van der Waals surface area contributed by atoms with Crippen molar-refractivity contribution in [2.45, 2.75) is 20.3 Å². The van der Waals surface area contributed by atoms with Gasteiger partial charge in [0.1, 0.15) is 17.4 Å². The van der Waals surface area contributed by atoms with E-state index in [4.69, 9.17) is 0 Å². The number of Topliss-reactive ketones (excluding diaryl/α,β-unsaturated/α-hetero) is 1. The van der Waals surface area contributed by atoms with E-state index in [0.29, 0.717) is 12.2 Å². The third kappa shape index (κ3) is 2.27. The molecule has 0 amide bonds. The highest BCUT2D eigenvalue weighted by atomic mass is 16.1. The molecule has 96 valence electrons. The van der Waals surface area contributed by atoms with E-state index in [2.05, 4.69) is 19.9 Å². The molecule has 0 aliphatic carbocycles. The Morgan fingerprint density at radius 1 is 1.32 bits per heavy atom. The summed E-state index contributed by atoms with van der Waals surface area (Å²) in [5, 5.41) is 0. The van der Waals surface area contributed by atoms with Gasteiger partial charge in [-0.2, -0.15) is 0 Å². The zero-order valence-corrected chi connectivity index (χ0v) is 10.8. The van der Waals surface area contributed by atoms with Crippen LogP contribution < -0.4 is 0 Å². The number of aryl methyl sites for hydroxylation is 1. The van der Waals surface area contributed by atoms with E-state index in [1.165, 1.54) is 0 Å². The van der Waals surface area contributed by atoms with Crippen molar-refractivity contribution < 1.29 is 4.79 Å². The number of carbonyl (C=O) groups excluding carboxylic acids is 1. The highest BCUT2D eigenvalue weighted by Gasteiger charge is 2.07. The summed E-state index contributed by atoms with van der Waals surface area (Å²) in [6, 6.07) is 5.99. The van der Waals surface area contributed by atoms with Crippen molar-refractivity contribution >= 4 is 16.8 Å². The standard InChI is InChI=1S/C14H14N4O/c1-8(19)5-14-15-7-13(18-14)10-3-4-11-12(6-10)17-9(2)16-11/h3-4,6-7H,5H2,1-2H3,(H,15,18)(H,16,17). The van der Waals surface area contributed by atoms with Crippen molar-refractivity contribution in [3.63, 3.8) is 0 Å². The predicted octanol–water partition coefficient (Wildman–Crippen LogP) is 2.39. The molecule has 19 heavy (non-hydrogen) atoms. The zero-order valence-electron chi connectivity index (χ0n) is 10.8. The maximum atomic E-state index is 11.1. The van der Waals surface area contributed by atoms with Crippen molar-refractivity contribution in [2.75, 3.05) is 0 Å². The van der Waals surface area contributed by atoms with Gasteiger partial charge in [-0.25, -0.2) is 9.97 Å². The molecule has 0 aliphatic rings. The molecule has 0 unspecified atom stereocenters. The fraction of sp³-hybridized carbons (Fsp3) is 0.214. The number of aromatic nitrogens is 4. The largest absolute Gasteiger partial charge is 0.342 e. The molecule has 1 aromatic carbocycles. The summed E-state index contributed by atoms with van der Waals surface area (Å²) >= 11 is 0. The summed E-state index contributed by atoms with van der Waals surface area (Å²) < 4.78 is 0. The second-order valence-electron chi connectivity index (χ2n) is 4.68. The lowest BCUT2D eigenvalue weighted by Crippen LogP contribution is -1.97. The Bertz CT molecular complexity index is 754. The van der Waals surface area contributed by atoms with Crippen LogP contribution in [0.1, 0.15) is 18.6 Å². The summed E-state index contributed by atoms with van der Waals surface area (Å²) in [6.07, 6.45) is 2.09. The van der Waals surface area contributed by atoms with Crippen LogP contribution >= 0.6 is 0 Å². The average molecular weight is 254 g/mol. The summed E-state index contributed by atoms with van der Waals surface area (Å²) in [5.41, 5.74) is 3.88. The molecule has 0 saturated carbocycles. The highest BCUT2D eigenvalue weighted by molar-refractivity contribution is 5.81. The molecule has 0 radical (unpaired) electrons. The quantitative estimate of drug-likeness (QED) is 0.753. The minimum atomic E-state index is 0.0977. The smallest absolute Gasteiger partial charge is 0.137 e. The Hall–Kier alpha value is -2.43. The first-order valence-electron chi connectivity index (χ1n) is 6.12. The van der Waals surface area contributed by atoms with E-state index < -0.39 is 0 Å². The van der Waals surface area contributed by atoms with Gasteiger partial charge >= 0.3 is 0 Å². The van der Waals surface area contributed by atoms with E-state index in [1.807, 2.05) is 25.1 Å². The third-order valence-electron chi connectivity index (χ3n) is 2.96. The van der Waals surface area contributed by atoms with Crippen LogP contribution in [0.5, 0.6) is 0 Å². The predicted molar refractivity (Wildman–Crippen MR) is 72.8 cm³/mol. The number of H-pyrrole nitrogens is 2. The molecule has 0 saturated heterocycles. The lowest BCUT2D eigenvalue weighted by Gasteiger charge is -1.97.